The summed E-state index contributed by atoms with van der Waals surface area (Å²) in [5.41, 5.74) is 0.487. The molecule has 0 aromatic carbocycles. The van der Waals surface area contributed by atoms with E-state index in [1.165, 1.54) is 25.5 Å². The van der Waals surface area contributed by atoms with E-state index >= 15 is 0 Å². The molecule has 0 bridgehead atoms. The molecule has 1 aromatic rings. The molecule has 0 aliphatic heterocycles. The number of hydrogen-bond acceptors (Lipinski definition) is 2. The average Bonchev–Trinajstić information content (AvgIpc) is 2.26. The van der Waals surface area contributed by atoms with Gasteiger partial charge in [-0.2, -0.15) is 0 Å². The number of amides is 1. The number of carbonyl (C=O) groups is 1. The molecule has 0 N–H and O–H groups in total. The molecule has 1 saturated carbocycles. The van der Waals surface area contributed by atoms with E-state index < -0.39 is 0 Å². The highest BCUT2D eigenvalue weighted by atomic mass is 35.5. The fourth-order valence-corrected chi connectivity index (χ4v) is 2.17. The van der Waals surface area contributed by atoms with Crippen LogP contribution >= 0.6 is 23.2 Å². The Kier molecular flexibility index (Phi) is 3.89. The summed E-state index contributed by atoms with van der Waals surface area (Å²) in [6.45, 7) is 0.805. The van der Waals surface area contributed by atoms with Crippen molar-refractivity contribution in [3.05, 3.63) is 28.0 Å². The largest absolute Gasteiger partial charge is 0.341 e. The molecule has 0 atom stereocenters. The van der Waals surface area contributed by atoms with Crippen LogP contribution in [-0.2, 0) is 0 Å². The van der Waals surface area contributed by atoms with Crippen molar-refractivity contribution in [1.29, 1.82) is 0 Å². The Morgan fingerprint density at radius 2 is 2.24 bits per heavy atom. The monoisotopic (exact) mass is 272 g/mol. The number of carbonyl (C=O) groups excluding carboxylic acids is 1. The van der Waals surface area contributed by atoms with E-state index in [2.05, 4.69) is 4.98 Å². The second-order valence-corrected chi connectivity index (χ2v) is 5.24. The van der Waals surface area contributed by atoms with E-state index in [4.69, 9.17) is 23.2 Å². The lowest BCUT2D eigenvalue weighted by molar-refractivity contribution is 0.0745. The first-order valence-corrected chi connectivity index (χ1v) is 6.40. The fraction of sp³-hybridized carbons (Fsp3) is 0.500. The molecule has 3 nitrogen and oxygen atoms in total. The Labute approximate surface area is 111 Å². The third kappa shape index (κ3) is 2.90. The second kappa shape index (κ2) is 5.23. The van der Waals surface area contributed by atoms with Gasteiger partial charge >= 0.3 is 0 Å². The van der Waals surface area contributed by atoms with Crippen molar-refractivity contribution < 1.29 is 4.79 Å². The molecule has 5 heteroatoms. The third-order valence-electron chi connectivity index (χ3n) is 3.15. The molecular formula is C12H14Cl2N2O. The molecule has 2 rings (SSSR count). The van der Waals surface area contributed by atoms with Crippen molar-refractivity contribution in [2.24, 2.45) is 5.92 Å². The lowest BCUT2D eigenvalue weighted by Crippen LogP contribution is -2.34. The maximum Gasteiger partial charge on any atom is 0.255 e. The first-order valence-electron chi connectivity index (χ1n) is 5.64. The smallest absolute Gasteiger partial charge is 0.255 e. The van der Waals surface area contributed by atoms with Gasteiger partial charge in [-0.05, 0) is 24.8 Å². The van der Waals surface area contributed by atoms with Gasteiger partial charge in [0.25, 0.3) is 5.91 Å². The summed E-state index contributed by atoms with van der Waals surface area (Å²) in [6, 6.07) is 1.57. The maximum absolute atomic E-state index is 12.1. The highest BCUT2D eigenvalue weighted by Crippen LogP contribution is 2.27. The number of halogens is 2. The van der Waals surface area contributed by atoms with E-state index in [1.807, 2.05) is 7.05 Å². The number of rotatable bonds is 3. The highest BCUT2D eigenvalue weighted by Gasteiger charge is 2.22. The summed E-state index contributed by atoms with van der Waals surface area (Å²) in [6.07, 6.45) is 5.18. The molecule has 92 valence electrons. The maximum atomic E-state index is 12.1. The van der Waals surface area contributed by atoms with Gasteiger partial charge in [0.1, 0.15) is 5.15 Å². The van der Waals surface area contributed by atoms with Crippen LogP contribution in [0.2, 0.25) is 10.2 Å². The van der Waals surface area contributed by atoms with E-state index in [-0.39, 0.29) is 11.1 Å². The van der Waals surface area contributed by atoms with Gasteiger partial charge in [0.2, 0.25) is 0 Å². The lowest BCUT2D eigenvalue weighted by atomic mass is 9.85. The van der Waals surface area contributed by atoms with Crippen LogP contribution in [0, 0.1) is 5.92 Å². The molecule has 0 spiro atoms. The molecule has 1 fully saturated rings. The van der Waals surface area contributed by atoms with Crippen molar-refractivity contribution in [1.82, 2.24) is 9.88 Å². The molecule has 1 aromatic heterocycles. The SMILES string of the molecule is CN(CC1CCC1)C(=O)c1cnc(Cl)c(Cl)c1. The molecule has 1 amide bonds. The normalized spacial score (nSPS) is 15.5. The van der Waals surface area contributed by atoms with Gasteiger partial charge in [0.15, 0.2) is 0 Å². The van der Waals surface area contributed by atoms with E-state index in [1.54, 1.807) is 11.0 Å². The molecule has 1 heterocycles. The Balaban J connectivity index is 2.04. The van der Waals surface area contributed by atoms with Gasteiger partial charge < -0.3 is 4.90 Å². The molecule has 0 radical (unpaired) electrons. The van der Waals surface area contributed by atoms with Gasteiger partial charge in [-0.15, -0.1) is 0 Å². The van der Waals surface area contributed by atoms with Crippen LogP contribution in [0.25, 0.3) is 0 Å². The number of hydrogen-bond donors (Lipinski definition) is 0. The van der Waals surface area contributed by atoms with Crippen LogP contribution in [-0.4, -0.2) is 29.4 Å². The first kappa shape index (κ1) is 12.7. The fourth-order valence-electron chi connectivity index (χ4n) is 1.90. The quantitative estimate of drug-likeness (QED) is 0.792. The molecule has 0 unspecified atom stereocenters. The molecule has 0 saturated heterocycles. The second-order valence-electron chi connectivity index (χ2n) is 4.48. The average molecular weight is 273 g/mol. The van der Waals surface area contributed by atoms with Crippen molar-refractivity contribution in [3.63, 3.8) is 0 Å². The van der Waals surface area contributed by atoms with E-state index in [0.717, 1.165) is 6.54 Å². The van der Waals surface area contributed by atoms with Gasteiger partial charge in [-0.25, -0.2) is 4.98 Å². The van der Waals surface area contributed by atoms with Crippen molar-refractivity contribution >= 4 is 29.1 Å². The van der Waals surface area contributed by atoms with Crippen molar-refractivity contribution in [2.45, 2.75) is 19.3 Å². The number of pyridine rings is 1. The molecular weight excluding hydrogens is 259 g/mol. The summed E-state index contributed by atoms with van der Waals surface area (Å²) < 4.78 is 0. The van der Waals surface area contributed by atoms with Crippen LogP contribution in [0.3, 0.4) is 0 Å². The van der Waals surface area contributed by atoms with Crippen LogP contribution in [0.4, 0.5) is 0 Å². The Bertz CT molecular complexity index is 433. The predicted octanol–water partition coefficient (Wildman–Crippen LogP) is 3.26. The summed E-state index contributed by atoms with van der Waals surface area (Å²) in [5, 5.41) is 0.541. The number of aromatic nitrogens is 1. The van der Waals surface area contributed by atoms with Gasteiger partial charge in [0, 0.05) is 19.8 Å². The van der Waals surface area contributed by atoms with Crippen LogP contribution in [0.15, 0.2) is 12.3 Å². The summed E-state index contributed by atoms with van der Waals surface area (Å²) in [4.78, 5) is 17.7. The van der Waals surface area contributed by atoms with E-state index in [9.17, 15) is 4.79 Å². The Morgan fingerprint density at radius 3 is 2.76 bits per heavy atom. The highest BCUT2D eigenvalue weighted by molar-refractivity contribution is 6.41. The Morgan fingerprint density at radius 1 is 1.53 bits per heavy atom. The van der Waals surface area contributed by atoms with Gasteiger partial charge in [0.05, 0.1) is 10.6 Å². The minimum absolute atomic E-state index is 0.0528. The van der Waals surface area contributed by atoms with Gasteiger partial charge in [-0.3, -0.25) is 4.79 Å². The summed E-state index contributed by atoms with van der Waals surface area (Å²) >= 11 is 11.6. The third-order valence-corrected chi connectivity index (χ3v) is 3.83. The summed E-state index contributed by atoms with van der Waals surface area (Å²) in [7, 11) is 1.81. The number of nitrogens with zero attached hydrogens (tertiary/aromatic N) is 2. The predicted molar refractivity (Wildman–Crippen MR) is 68.6 cm³/mol. The van der Waals surface area contributed by atoms with E-state index in [0.29, 0.717) is 16.5 Å². The van der Waals surface area contributed by atoms with Crippen LogP contribution in [0.5, 0.6) is 0 Å². The zero-order chi connectivity index (χ0) is 12.4. The molecule has 1 aliphatic carbocycles. The lowest BCUT2D eigenvalue weighted by Gasteiger charge is -2.30. The molecule has 1 aliphatic rings. The minimum Gasteiger partial charge on any atom is -0.341 e. The van der Waals surface area contributed by atoms with Crippen LogP contribution in [0.1, 0.15) is 29.6 Å². The van der Waals surface area contributed by atoms with Crippen molar-refractivity contribution in [2.75, 3.05) is 13.6 Å². The standard InChI is InChI=1S/C12H14Cl2N2O/c1-16(7-8-3-2-4-8)12(17)9-5-10(13)11(14)15-6-9/h5-6,8H,2-4,7H2,1H3. The van der Waals surface area contributed by atoms with Gasteiger partial charge in [-0.1, -0.05) is 29.6 Å². The Hall–Kier alpha value is -0.800. The minimum atomic E-state index is -0.0528. The van der Waals surface area contributed by atoms with Crippen LogP contribution < -0.4 is 0 Å². The first-order chi connectivity index (χ1) is 8.08. The zero-order valence-electron chi connectivity index (χ0n) is 9.62. The topological polar surface area (TPSA) is 33.2 Å². The zero-order valence-corrected chi connectivity index (χ0v) is 11.1. The molecule has 17 heavy (non-hydrogen) atoms. The summed E-state index contributed by atoms with van der Waals surface area (Å²) in [5.74, 6) is 0.600. The van der Waals surface area contributed by atoms with Crippen molar-refractivity contribution in [3.8, 4) is 0 Å².